The molecule has 0 bridgehead atoms. The number of Topliss-reactive ketones (excluding diaryl/α,β-unsaturated/α-hetero) is 2. The average molecular weight is 438 g/mol. The van der Waals surface area contributed by atoms with Crippen molar-refractivity contribution in [3.05, 3.63) is 64.1 Å². The summed E-state index contributed by atoms with van der Waals surface area (Å²) in [6, 6.07) is 6.54. The summed E-state index contributed by atoms with van der Waals surface area (Å²) in [5.74, 6) is -1.29. The number of aromatic nitrogens is 1. The minimum absolute atomic E-state index is 0.0130. The van der Waals surface area contributed by atoms with Crippen molar-refractivity contribution in [2.45, 2.75) is 6.18 Å². The second kappa shape index (κ2) is 7.73. The van der Waals surface area contributed by atoms with Gasteiger partial charge < -0.3 is 15.0 Å². The molecule has 1 saturated heterocycles. The number of fused-ring (bicyclic) bond motifs is 1. The number of ketones is 2. The number of anilines is 2. The Kier molecular flexibility index (Phi) is 5.25. The largest absolute Gasteiger partial charge is 0.418 e. The summed E-state index contributed by atoms with van der Waals surface area (Å²) in [6.45, 7) is 1.35. The summed E-state index contributed by atoms with van der Waals surface area (Å²) < 4.78 is 46.4. The number of alkyl halides is 3. The van der Waals surface area contributed by atoms with Crippen LogP contribution in [0.15, 0.2) is 47.3 Å². The van der Waals surface area contributed by atoms with Crippen LogP contribution < -0.4 is 10.2 Å². The molecule has 1 aliphatic heterocycles. The number of halogens is 4. The van der Waals surface area contributed by atoms with Gasteiger partial charge in [0, 0.05) is 30.7 Å². The molecular formula is C20H15ClF3N3O3. The molecule has 0 saturated carbocycles. The summed E-state index contributed by atoms with van der Waals surface area (Å²) in [7, 11) is 0. The first-order valence-electron chi connectivity index (χ1n) is 9.02. The maximum atomic E-state index is 13.7. The number of ether oxygens (including phenoxy) is 1. The number of rotatable bonds is 3. The number of nitrogens with zero attached hydrogens (tertiary/aromatic N) is 2. The molecule has 0 spiro atoms. The monoisotopic (exact) mass is 437 g/mol. The number of nitrogens with one attached hydrogen (secondary N) is 1. The highest BCUT2D eigenvalue weighted by molar-refractivity contribution is 6.50. The molecule has 0 atom stereocenters. The summed E-state index contributed by atoms with van der Waals surface area (Å²) in [5.41, 5.74) is -1.18. The zero-order chi connectivity index (χ0) is 21.5. The van der Waals surface area contributed by atoms with E-state index in [4.69, 9.17) is 16.3 Å². The Bertz CT molecular complexity index is 1060. The quantitative estimate of drug-likeness (QED) is 0.785. The minimum atomic E-state index is -4.62. The van der Waals surface area contributed by atoms with Crippen molar-refractivity contribution in [3.63, 3.8) is 0 Å². The van der Waals surface area contributed by atoms with E-state index >= 15 is 0 Å². The van der Waals surface area contributed by atoms with E-state index < -0.39 is 28.3 Å². The topological polar surface area (TPSA) is 71.5 Å². The number of benzene rings is 1. The molecule has 0 amide bonds. The molecule has 0 unspecified atom stereocenters. The smallest absolute Gasteiger partial charge is 0.378 e. The summed E-state index contributed by atoms with van der Waals surface area (Å²) >= 11 is 6.05. The van der Waals surface area contributed by atoms with Crippen molar-refractivity contribution >= 4 is 34.5 Å². The second-order valence-electron chi connectivity index (χ2n) is 6.70. The first kappa shape index (κ1) is 20.4. The fourth-order valence-electron chi connectivity index (χ4n) is 3.40. The molecule has 1 aliphatic carbocycles. The zero-order valence-electron chi connectivity index (χ0n) is 15.4. The molecule has 156 valence electrons. The molecule has 2 aromatic rings. The Morgan fingerprint density at radius 3 is 2.53 bits per heavy atom. The highest BCUT2D eigenvalue weighted by Gasteiger charge is 2.37. The van der Waals surface area contributed by atoms with Crippen LogP contribution in [0.1, 0.15) is 26.4 Å². The van der Waals surface area contributed by atoms with Crippen LogP contribution in [-0.2, 0) is 10.9 Å². The van der Waals surface area contributed by atoms with Crippen LogP contribution in [0.3, 0.4) is 0 Å². The fraction of sp³-hybridized carbons (Fsp3) is 0.250. The Morgan fingerprint density at radius 2 is 1.83 bits per heavy atom. The normalized spacial score (nSPS) is 17.3. The second-order valence-corrected chi connectivity index (χ2v) is 7.08. The van der Waals surface area contributed by atoms with Crippen LogP contribution in [0, 0.1) is 0 Å². The van der Waals surface area contributed by atoms with Gasteiger partial charge in [0.2, 0.25) is 11.6 Å². The van der Waals surface area contributed by atoms with Crippen molar-refractivity contribution in [2.24, 2.45) is 0 Å². The standard InChI is InChI=1S/C20H15ClF3N3O3/c21-15-17(18(28)12-2-1-5-25-16(12)19(15)29)26-11-3-4-14(13(10-11)20(22,23)24)27-6-8-30-9-7-27/h1-5,10,26H,6-9H2. The molecule has 6 nitrogen and oxygen atoms in total. The van der Waals surface area contributed by atoms with E-state index in [0.717, 1.165) is 6.07 Å². The van der Waals surface area contributed by atoms with Crippen LogP contribution in [-0.4, -0.2) is 42.9 Å². The van der Waals surface area contributed by atoms with Gasteiger partial charge in [-0.15, -0.1) is 0 Å². The molecule has 1 fully saturated rings. The molecule has 10 heteroatoms. The molecule has 2 heterocycles. The number of hydrogen-bond acceptors (Lipinski definition) is 6. The summed E-state index contributed by atoms with van der Waals surface area (Å²) in [5, 5.41) is 2.18. The predicted octanol–water partition coefficient (Wildman–Crippen LogP) is 3.88. The lowest BCUT2D eigenvalue weighted by Gasteiger charge is -2.31. The fourth-order valence-corrected chi connectivity index (χ4v) is 3.62. The number of carbonyl (C=O) groups is 2. The third kappa shape index (κ3) is 3.66. The van der Waals surface area contributed by atoms with Crippen molar-refractivity contribution in [1.82, 2.24) is 4.98 Å². The Morgan fingerprint density at radius 1 is 1.10 bits per heavy atom. The van der Waals surface area contributed by atoms with Gasteiger partial charge in [-0.1, -0.05) is 11.6 Å². The van der Waals surface area contributed by atoms with E-state index in [1.165, 1.54) is 30.5 Å². The number of hydrogen-bond donors (Lipinski definition) is 1. The van der Waals surface area contributed by atoms with E-state index in [1.807, 2.05) is 0 Å². The molecule has 4 rings (SSSR count). The van der Waals surface area contributed by atoms with Gasteiger partial charge in [0.15, 0.2) is 0 Å². The highest BCUT2D eigenvalue weighted by atomic mass is 35.5. The van der Waals surface area contributed by atoms with Crippen LogP contribution >= 0.6 is 11.6 Å². The molecule has 1 aromatic carbocycles. The molecular weight excluding hydrogens is 423 g/mol. The maximum absolute atomic E-state index is 13.7. The number of carbonyl (C=O) groups excluding carboxylic acids is 2. The van der Waals surface area contributed by atoms with Crippen molar-refractivity contribution in [1.29, 1.82) is 0 Å². The predicted molar refractivity (Wildman–Crippen MR) is 104 cm³/mol. The van der Waals surface area contributed by atoms with Crippen molar-refractivity contribution < 1.29 is 27.5 Å². The molecule has 2 aliphatic rings. The summed E-state index contributed by atoms with van der Waals surface area (Å²) in [6.07, 6.45) is -3.26. The summed E-state index contributed by atoms with van der Waals surface area (Å²) in [4.78, 5) is 30.6. The third-order valence-electron chi connectivity index (χ3n) is 4.84. The molecule has 0 radical (unpaired) electrons. The lowest BCUT2D eigenvalue weighted by molar-refractivity contribution is -0.137. The van der Waals surface area contributed by atoms with E-state index in [2.05, 4.69) is 10.3 Å². The van der Waals surface area contributed by atoms with Crippen molar-refractivity contribution in [2.75, 3.05) is 36.5 Å². The zero-order valence-corrected chi connectivity index (χ0v) is 16.2. The lowest BCUT2D eigenvalue weighted by Crippen LogP contribution is -2.37. The average Bonchev–Trinajstić information content (AvgIpc) is 2.75. The number of pyridine rings is 1. The first-order chi connectivity index (χ1) is 14.3. The van der Waals surface area contributed by atoms with Gasteiger partial charge in [-0.2, -0.15) is 13.2 Å². The van der Waals surface area contributed by atoms with Crippen LogP contribution in [0.25, 0.3) is 0 Å². The highest BCUT2D eigenvalue weighted by Crippen LogP contribution is 2.39. The maximum Gasteiger partial charge on any atom is 0.418 e. The van der Waals surface area contributed by atoms with Crippen molar-refractivity contribution in [3.8, 4) is 0 Å². The van der Waals surface area contributed by atoms with Gasteiger partial charge in [-0.3, -0.25) is 14.6 Å². The minimum Gasteiger partial charge on any atom is -0.378 e. The van der Waals surface area contributed by atoms with Gasteiger partial charge in [0.25, 0.3) is 0 Å². The lowest BCUT2D eigenvalue weighted by atomic mass is 9.96. The van der Waals surface area contributed by atoms with Gasteiger partial charge in [-0.05, 0) is 30.3 Å². The number of morpholine rings is 1. The van der Waals surface area contributed by atoms with E-state index in [1.54, 1.807) is 4.90 Å². The van der Waals surface area contributed by atoms with Gasteiger partial charge in [0.1, 0.15) is 16.4 Å². The first-order valence-corrected chi connectivity index (χ1v) is 9.40. The van der Waals surface area contributed by atoms with Crippen LogP contribution in [0.5, 0.6) is 0 Å². The van der Waals surface area contributed by atoms with E-state index in [9.17, 15) is 22.8 Å². The van der Waals surface area contributed by atoms with Crippen LogP contribution in [0.2, 0.25) is 0 Å². The Labute approximate surface area is 174 Å². The molecule has 1 aromatic heterocycles. The Hall–Kier alpha value is -2.91. The van der Waals surface area contributed by atoms with E-state index in [-0.39, 0.29) is 28.3 Å². The Balaban J connectivity index is 1.71. The van der Waals surface area contributed by atoms with Gasteiger partial charge in [-0.25, -0.2) is 0 Å². The SMILES string of the molecule is O=C1C(Nc2ccc(N3CCOCC3)c(C(F)(F)F)c2)=C(Cl)C(=O)c2ncccc21. The molecule has 1 N–H and O–H groups in total. The van der Waals surface area contributed by atoms with Gasteiger partial charge in [0.05, 0.1) is 24.3 Å². The molecule has 30 heavy (non-hydrogen) atoms. The number of allylic oxidation sites excluding steroid dienone is 2. The van der Waals surface area contributed by atoms with E-state index in [0.29, 0.717) is 26.3 Å². The van der Waals surface area contributed by atoms with Crippen LogP contribution in [0.4, 0.5) is 24.5 Å². The van der Waals surface area contributed by atoms with Gasteiger partial charge >= 0.3 is 6.18 Å². The third-order valence-corrected chi connectivity index (χ3v) is 5.20.